The first-order chi connectivity index (χ1) is 13.1. The van der Waals surface area contributed by atoms with Gasteiger partial charge in [-0.1, -0.05) is 0 Å². The molecule has 0 radical (unpaired) electrons. The Morgan fingerprint density at radius 2 is 1.93 bits per heavy atom. The molecule has 0 fully saturated rings. The molecule has 6 heteroatoms. The van der Waals surface area contributed by atoms with E-state index in [1.165, 1.54) is 13.2 Å². The van der Waals surface area contributed by atoms with Crippen LogP contribution in [0.15, 0.2) is 60.9 Å². The Balaban J connectivity index is 1.79. The normalized spacial score (nSPS) is 15.0. The van der Waals surface area contributed by atoms with Crippen LogP contribution in [0.1, 0.15) is 22.1 Å². The van der Waals surface area contributed by atoms with Gasteiger partial charge in [0.25, 0.3) is 5.69 Å². The highest BCUT2D eigenvalue weighted by Gasteiger charge is 2.37. The summed E-state index contributed by atoms with van der Waals surface area (Å²) in [5, 5.41) is 0. The molecule has 0 amide bonds. The summed E-state index contributed by atoms with van der Waals surface area (Å²) in [4.78, 5) is 12.1. The van der Waals surface area contributed by atoms with Crippen molar-refractivity contribution in [1.29, 1.82) is 0 Å². The molecule has 1 aliphatic heterocycles. The number of carbonyl (C=O) groups excluding carboxylic acids is 1. The number of esters is 1. The third-order valence-corrected chi connectivity index (χ3v) is 4.87. The van der Waals surface area contributed by atoms with E-state index < -0.39 is 17.6 Å². The maximum absolute atomic E-state index is 14.5. The Morgan fingerprint density at radius 3 is 2.74 bits per heavy atom. The fourth-order valence-corrected chi connectivity index (χ4v) is 3.72. The number of benzene rings is 1. The van der Waals surface area contributed by atoms with E-state index in [4.69, 9.17) is 4.74 Å². The molecule has 136 valence electrons. The molecule has 1 aromatic carbocycles. The molecule has 0 N–H and O–H groups in total. The summed E-state index contributed by atoms with van der Waals surface area (Å²) in [7, 11) is 1.34. The SMILES string of the molecule is COC(=O)c1cccc[n+]1CC1Cc2cc(F)cc(F)c2-c2cccc[n+]21. The first-order valence-corrected chi connectivity index (χ1v) is 8.63. The lowest BCUT2D eigenvalue weighted by Gasteiger charge is -2.21. The van der Waals surface area contributed by atoms with Crippen LogP contribution in [0.3, 0.4) is 0 Å². The van der Waals surface area contributed by atoms with E-state index in [0.29, 0.717) is 35.5 Å². The summed E-state index contributed by atoms with van der Waals surface area (Å²) in [5.74, 6) is -1.58. The van der Waals surface area contributed by atoms with Gasteiger partial charge in [-0.25, -0.2) is 13.6 Å². The van der Waals surface area contributed by atoms with E-state index in [-0.39, 0.29) is 6.04 Å². The second kappa shape index (κ2) is 6.87. The number of fused-ring (bicyclic) bond motifs is 3. The molecule has 2 aromatic heterocycles. The highest BCUT2D eigenvalue weighted by molar-refractivity contribution is 5.85. The molecule has 3 heterocycles. The average molecular weight is 368 g/mol. The van der Waals surface area contributed by atoms with Crippen molar-refractivity contribution in [3.05, 3.63) is 83.8 Å². The third kappa shape index (κ3) is 3.07. The fraction of sp³-hybridized carbons (Fsp3) is 0.190. The molecule has 4 nitrogen and oxygen atoms in total. The lowest BCUT2D eigenvalue weighted by atomic mass is 9.92. The Bertz CT molecular complexity index is 1040. The van der Waals surface area contributed by atoms with E-state index in [1.54, 1.807) is 22.9 Å². The minimum absolute atomic E-state index is 0.106. The molecular weight excluding hydrogens is 350 g/mol. The summed E-state index contributed by atoms with van der Waals surface area (Å²) in [6.07, 6.45) is 4.14. The van der Waals surface area contributed by atoms with Crippen molar-refractivity contribution in [2.45, 2.75) is 19.0 Å². The van der Waals surface area contributed by atoms with Gasteiger partial charge in [0, 0.05) is 36.8 Å². The highest BCUT2D eigenvalue weighted by Crippen LogP contribution is 2.32. The first kappa shape index (κ1) is 17.3. The van der Waals surface area contributed by atoms with Crippen LogP contribution < -0.4 is 9.13 Å². The van der Waals surface area contributed by atoms with Crippen molar-refractivity contribution in [3.63, 3.8) is 0 Å². The number of hydrogen-bond donors (Lipinski definition) is 0. The van der Waals surface area contributed by atoms with Crippen molar-refractivity contribution in [3.8, 4) is 11.3 Å². The number of nitrogens with zero attached hydrogens (tertiary/aromatic N) is 2. The van der Waals surface area contributed by atoms with Gasteiger partial charge in [0.05, 0.1) is 12.7 Å². The number of rotatable bonds is 3. The second-order valence-corrected chi connectivity index (χ2v) is 6.50. The molecule has 1 aliphatic rings. The Kier molecular flexibility index (Phi) is 4.39. The Hall–Kier alpha value is -3.15. The van der Waals surface area contributed by atoms with Gasteiger partial charge < -0.3 is 4.74 Å². The number of ether oxygens (including phenoxy) is 1. The lowest BCUT2D eigenvalue weighted by molar-refractivity contribution is -0.794. The van der Waals surface area contributed by atoms with Crippen molar-refractivity contribution in [2.75, 3.05) is 7.11 Å². The highest BCUT2D eigenvalue weighted by atomic mass is 19.1. The largest absolute Gasteiger partial charge is 0.461 e. The quantitative estimate of drug-likeness (QED) is 0.526. The third-order valence-electron chi connectivity index (χ3n) is 4.87. The number of hydrogen-bond acceptors (Lipinski definition) is 2. The summed E-state index contributed by atoms with van der Waals surface area (Å²) in [6, 6.07) is 13.0. The molecule has 0 bridgehead atoms. The molecule has 1 unspecified atom stereocenters. The Morgan fingerprint density at radius 1 is 1.15 bits per heavy atom. The summed E-state index contributed by atoms with van der Waals surface area (Å²) >= 11 is 0. The zero-order valence-electron chi connectivity index (χ0n) is 14.7. The van der Waals surface area contributed by atoms with Crippen LogP contribution in [0.25, 0.3) is 11.3 Å². The van der Waals surface area contributed by atoms with Gasteiger partial charge in [0.15, 0.2) is 12.4 Å². The molecule has 4 rings (SSSR count). The second-order valence-electron chi connectivity index (χ2n) is 6.50. The van der Waals surface area contributed by atoms with Crippen LogP contribution in [0.2, 0.25) is 0 Å². The predicted molar refractivity (Wildman–Crippen MR) is 92.7 cm³/mol. The maximum atomic E-state index is 14.5. The lowest BCUT2D eigenvalue weighted by Crippen LogP contribution is -2.54. The van der Waals surface area contributed by atoms with Crippen molar-refractivity contribution >= 4 is 5.97 Å². The minimum atomic E-state index is -0.586. The molecule has 0 spiro atoms. The van der Waals surface area contributed by atoms with Gasteiger partial charge in [0.1, 0.15) is 11.6 Å². The standard InChI is InChI=1S/C21H18F2N2O2/c1-27-21(26)19-7-2-4-8-24(19)13-16-11-14-10-15(22)12-17(23)20(14)18-6-3-5-9-25(16)18/h2-10,12,16H,11,13H2,1H3/q+2. The smallest absolute Gasteiger partial charge is 0.403 e. The van der Waals surface area contributed by atoms with Gasteiger partial charge in [-0.2, -0.15) is 9.13 Å². The number of methoxy groups -OCH3 is 1. The van der Waals surface area contributed by atoms with Crippen LogP contribution in [0.5, 0.6) is 0 Å². The average Bonchev–Trinajstić information content (AvgIpc) is 2.67. The zero-order valence-corrected chi connectivity index (χ0v) is 14.7. The van der Waals surface area contributed by atoms with Crippen LogP contribution in [0, 0.1) is 11.6 Å². The molecule has 3 aromatic rings. The van der Waals surface area contributed by atoms with E-state index in [9.17, 15) is 13.6 Å². The topological polar surface area (TPSA) is 34.1 Å². The van der Waals surface area contributed by atoms with Crippen molar-refractivity contribution in [2.24, 2.45) is 0 Å². The van der Waals surface area contributed by atoms with Gasteiger partial charge in [-0.15, -0.1) is 0 Å². The van der Waals surface area contributed by atoms with E-state index in [1.807, 2.05) is 35.0 Å². The maximum Gasteiger partial charge on any atom is 0.403 e. The summed E-state index contributed by atoms with van der Waals surface area (Å²) < 4.78 is 36.9. The van der Waals surface area contributed by atoms with Gasteiger partial charge in [-0.3, -0.25) is 0 Å². The van der Waals surface area contributed by atoms with Crippen molar-refractivity contribution < 1.29 is 27.4 Å². The summed E-state index contributed by atoms with van der Waals surface area (Å²) in [5.41, 5.74) is 2.17. The molecule has 0 saturated heterocycles. The Labute approximate surface area is 155 Å². The van der Waals surface area contributed by atoms with Crippen LogP contribution in [-0.2, 0) is 17.7 Å². The van der Waals surface area contributed by atoms with Gasteiger partial charge in [-0.05, 0) is 23.8 Å². The number of carbonyl (C=O) groups is 1. The summed E-state index contributed by atoms with van der Waals surface area (Å²) in [6.45, 7) is 0.463. The van der Waals surface area contributed by atoms with Crippen LogP contribution >= 0.6 is 0 Å². The fourth-order valence-electron chi connectivity index (χ4n) is 3.72. The zero-order chi connectivity index (χ0) is 19.0. The first-order valence-electron chi connectivity index (χ1n) is 8.63. The predicted octanol–water partition coefficient (Wildman–Crippen LogP) is 2.79. The van der Waals surface area contributed by atoms with E-state index in [0.717, 1.165) is 6.07 Å². The number of pyridine rings is 2. The van der Waals surface area contributed by atoms with Crippen LogP contribution in [0.4, 0.5) is 8.78 Å². The number of halogens is 2. The monoisotopic (exact) mass is 368 g/mol. The van der Waals surface area contributed by atoms with Crippen molar-refractivity contribution in [1.82, 2.24) is 0 Å². The molecular formula is C21H18F2N2O2+2. The van der Waals surface area contributed by atoms with E-state index in [2.05, 4.69) is 0 Å². The minimum Gasteiger partial charge on any atom is -0.461 e. The van der Waals surface area contributed by atoms with Gasteiger partial charge >= 0.3 is 5.97 Å². The molecule has 1 atom stereocenters. The van der Waals surface area contributed by atoms with Crippen LogP contribution in [-0.4, -0.2) is 13.1 Å². The van der Waals surface area contributed by atoms with Gasteiger partial charge in [0.2, 0.25) is 18.3 Å². The molecule has 0 saturated carbocycles. The number of aromatic nitrogens is 2. The molecule has 0 aliphatic carbocycles. The van der Waals surface area contributed by atoms with E-state index >= 15 is 0 Å². The molecule has 27 heavy (non-hydrogen) atoms.